The zero-order chi connectivity index (χ0) is 25.1. The largest absolute Gasteiger partial charge is 0.493 e. The standard InChI is InChI=1S/C24H18BrFN4O5/c1-14-28-20-8-7-17(25)11-18(20)24(31)29(14)27-12-15-9-21(30(32)33)23(22(10-15)34-2)35-13-16-5-3-4-6-19(16)26/h3-12H,13H2,1-2H3. The Balaban J connectivity index is 1.72. The van der Waals surface area contributed by atoms with Gasteiger partial charge in [-0.05, 0) is 37.3 Å². The highest BCUT2D eigenvalue weighted by molar-refractivity contribution is 9.10. The molecule has 9 nitrogen and oxygen atoms in total. The van der Waals surface area contributed by atoms with Gasteiger partial charge in [0, 0.05) is 21.7 Å². The van der Waals surface area contributed by atoms with Crippen LogP contribution in [0.5, 0.6) is 11.5 Å². The van der Waals surface area contributed by atoms with Gasteiger partial charge in [-0.15, -0.1) is 0 Å². The quantitative estimate of drug-likeness (QED) is 0.185. The van der Waals surface area contributed by atoms with E-state index in [9.17, 15) is 19.3 Å². The van der Waals surface area contributed by atoms with E-state index in [1.54, 1.807) is 31.2 Å². The third-order valence-corrected chi connectivity index (χ3v) is 5.59. The number of benzene rings is 3. The first-order chi connectivity index (χ1) is 16.8. The lowest BCUT2D eigenvalue weighted by molar-refractivity contribution is -0.386. The molecule has 0 spiro atoms. The van der Waals surface area contributed by atoms with Crippen LogP contribution in [0.2, 0.25) is 0 Å². The molecule has 0 unspecified atom stereocenters. The molecule has 0 amide bonds. The Bertz CT molecular complexity index is 1540. The number of nitro groups is 1. The van der Waals surface area contributed by atoms with Crippen LogP contribution >= 0.6 is 15.9 Å². The van der Waals surface area contributed by atoms with Crippen molar-refractivity contribution in [2.75, 3.05) is 7.11 Å². The summed E-state index contributed by atoms with van der Waals surface area (Å²) in [6.07, 6.45) is 1.29. The minimum atomic E-state index is -0.636. The summed E-state index contributed by atoms with van der Waals surface area (Å²) < 4.78 is 26.6. The number of halogens is 2. The predicted molar refractivity (Wildman–Crippen MR) is 132 cm³/mol. The number of nitrogens with zero attached hydrogens (tertiary/aromatic N) is 4. The maximum absolute atomic E-state index is 13.9. The van der Waals surface area contributed by atoms with Crippen molar-refractivity contribution in [2.45, 2.75) is 13.5 Å². The molecule has 0 radical (unpaired) electrons. The molecular weight excluding hydrogens is 523 g/mol. The van der Waals surface area contributed by atoms with E-state index in [-0.39, 0.29) is 29.2 Å². The number of nitro benzene ring substituents is 1. The van der Waals surface area contributed by atoms with E-state index < -0.39 is 22.0 Å². The number of ether oxygens (including phenoxy) is 2. The highest BCUT2D eigenvalue weighted by atomic mass is 79.9. The molecule has 0 saturated heterocycles. The van der Waals surface area contributed by atoms with E-state index in [1.807, 2.05) is 0 Å². The summed E-state index contributed by atoms with van der Waals surface area (Å²) >= 11 is 3.34. The number of aryl methyl sites for hydroxylation is 1. The lowest BCUT2D eigenvalue weighted by Gasteiger charge is -2.12. The van der Waals surface area contributed by atoms with Crippen molar-refractivity contribution < 1.29 is 18.8 Å². The molecule has 35 heavy (non-hydrogen) atoms. The van der Waals surface area contributed by atoms with Crippen LogP contribution in [0.15, 0.2) is 69.0 Å². The molecule has 178 valence electrons. The Morgan fingerprint density at radius 3 is 2.71 bits per heavy atom. The summed E-state index contributed by atoms with van der Waals surface area (Å²) in [7, 11) is 1.33. The summed E-state index contributed by atoms with van der Waals surface area (Å²) in [6.45, 7) is 1.40. The number of rotatable bonds is 7. The highest BCUT2D eigenvalue weighted by Gasteiger charge is 2.23. The molecule has 0 aliphatic carbocycles. The van der Waals surface area contributed by atoms with Gasteiger partial charge in [-0.2, -0.15) is 9.78 Å². The fourth-order valence-electron chi connectivity index (χ4n) is 3.40. The fraction of sp³-hybridized carbons (Fsp3) is 0.125. The molecule has 3 aromatic carbocycles. The number of hydrogen-bond donors (Lipinski definition) is 0. The van der Waals surface area contributed by atoms with Gasteiger partial charge < -0.3 is 9.47 Å². The van der Waals surface area contributed by atoms with Crippen LogP contribution in [0.3, 0.4) is 0 Å². The van der Waals surface area contributed by atoms with Gasteiger partial charge in [0.25, 0.3) is 5.56 Å². The Hall–Kier alpha value is -4.12. The number of fused-ring (bicyclic) bond motifs is 1. The lowest BCUT2D eigenvalue weighted by atomic mass is 10.1. The normalized spacial score (nSPS) is 11.2. The summed E-state index contributed by atoms with van der Waals surface area (Å²) in [5.41, 5.74) is 0.256. The van der Waals surface area contributed by atoms with Gasteiger partial charge in [0.2, 0.25) is 5.75 Å². The molecule has 0 bridgehead atoms. The molecule has 11 heteroatoms. The predicted octanol–water partition coefficient (Wildman–Crippen LogP) is 4.98. The molecule has 0 saturated carbocycles. The molecule has 4 rings (SSSR count). The van der Waals surface area contributed by atoms with Crippen molar-refractivity contribution in [3.63, 3.8) is 0 Å². The zero-order valence-electron chi connectivity index (χ0n) is 18.6. The van der Waals surface area contributed by atoms with E-state index in [4.69, 9.17) is 9.47 Å². The van der Waals surface area contributed by atoms with Gasteiger partial charge in [-0.25, -0.2) is 9.37 Å². The average Bonchev–Trinajstić information content (AvgIpc) is 2.83. The topological polar surface area (TPSA) is 109 Å². The summed E-state index contributed by atoms with van der Waals surface area (Å²) in [5.74, 6) is -0.243. The van der Waals surface area contributed by atoms with Crippen LogP contribution in [-0.2, 0) is 6.61 Å². The first-order valence-corrected chi connectivity index (χ1v) is 11.0. The first kappa shape index (κ1) is 24.0. The van der Waals surface area contributed by atoms with Crippen molar-refractivity contribution in [2.24, 2.45) is 5.10 Å². The van der Waals surface area contributed by atoms with Crippen molar-refractivity contribution in [3.05, 3.63) is 102 Å². The maximum atomic E-state index is 13.9. The smallest absolute Gasteiger partial charge is 0.315 e. The van der Waals surface area contributed by atoms with Gasteiger partial charge in [0.1, 0.15) is 18.2 Å². The van der Waals surface area contributed by atoms with Crippen molar-refractivity contribution >= 4 is 38.7 Å². The van der Waals surface area contributed by atoms with E-state index >= 15 is 0 Å². The molecule has 4 aromatic rings. The van der Waals surface area contributed by atoms with Crippen LogP contribution < -0.4 is 15.0 Å². The highest BCUT2D eigenvalue weighted by Crippen LogP contribution is 2.38. The SMILES string of the molecule is COc1cc(C=Nn2c(C)nc3ccc(Br)cc3c2=O)cc([N+](=O)[O-])c1OCc1ccccc1F. The van der Waals surface area contributed by atoms with Crippen LogP contribution in [0.1, 0.15) is 17.0 Å². The van der Waals surface area contributed by atoms with Crippen LogP contribution in [0.25, 0.3) is 10.9 Å². The van der Waals surface area contributed by atoms with Crippen molar-refractivity contribution in [1.29, 1.82) is 0 Å². The third kappa shape index (κ3) is 5.04. The lowest BCUT2D eigenvalue weighted by Crippen LogP contribution is -2.20. The molecule has 0 aliphatic heterocycles. The Kier molecular flexibility index (Phi) is 6.87. The van der Waals surface area contributed by atoms with Gasteiger partial charge in [-0.1, -0.05) is 34.1 Å². The van der Waals surface area contributed by atoms with Crippen molar-refractivity contribution in [1.82, 2.24) is 9.66 Å². The molecule has 0 fully saturated rings. The van der Waals surface area contributed by atoms with E-state index in [2.05, 4.69) is 26.0 Å². The molecule has 0 N–H and O–H groups in total. The first-order valence-electron chi connectivity index (χ1n) is 10.2. The van der Waals surface area contributed by atoms with Crippen LogP contribution in [0, 0.1) is 22.9 Å². The van der Waals surface area contributed by atoms with E-state index in [1.165, 1.54) is 43.7 Å². The second kappa shape index (κ2) is 10.0. The number of aromatic nitrogens is 2. The third-order valence-electron chi connectivity index (χ3n) is 5.10. The van der Waals surface area contributed by atoms with E-state index in [0.29, 0.717) is 16.7 Å². The average molecular weight is 541 g/mol. The van der Waals surface area contributed by atoms with Gasteiger partial charge in [0.15, 0.2) is 5.75 Å². The summed E-state index contributed by atoms with van der Waals surface area (Å²) in [6, 6.07) is 13.8. The molecule has 1 aromatic heterocycles. The molecule has 0 aliphatic rings. The van der Waals surface area contributed by atoms with Crippen LogP contribution in [-0.4, -0.2) is 27.9 Å². The van der Waals surface area contributed by atoms with Crippen LogP contribution in [0.4, 0.5) is 10.1 Å². The van der Waals surface area contributed by atoms with E-state index in [0.717, 1.165) is 9.15 Å². The monoisotopic (exact) mass is 540 g/mol. The molecular formula is C24H18BrFN4O5. The molecule has 0 atom stereocenters. The Morgan fingerprint density at radius 2 is 2.00 bits per heavy atom. The Labute approximate surface area is 206 Å². The number of methoxy groups -OCH3 is 1. The van der Waals surface area contributed by atoms with Gasteiger partial charge >= 0.3 is 5.69 Å². The van der Waals surface area contributed by atoms with Crippen molar-refractivity contribution in [3.8, 4) is 11.5 Å². The fourth-order valence-corrected chi connectivity index (χ4v) is 3.76. The summed E-state index contributed by atoms with van der Waals surface area (Å²) in [4.78, 5) is 28.4. The maximum Gasteiger partial charge on any atom is 0.315 e. The van der Waals surface area contributed by atoms with Gasteiger partial charge in [0.05, 0.1) is 29.2 Å². The zero-order valence-corrected chi connectivity index (χ0v) is 20.2. The molecule has 1 heterocycles. The minimum Gasteiger partial charge on any atom is -0.493 e. The summed E-state index contributed by atoms with van der Waals surface area (Å²) in [5, 5.41) is 16.3. The minimum absolute atomic E-state index is 0.0571. The van der Waals surface area contributed by atoms with Gasteiger partial charge in [-0.3, -0.25) is 14.9 Å². The Morgan fingerprint density at radius 1 is 1.23 bits per heavy atom. The second-order valence-electron chi connectivity index (χ2n) is 7.39. The number of hydrogen-bond acceptors (Lipinski definition) is 7. The second-order valence-corrected chi connectivity index (χ2v) is 8.31.